The van der Waals surface area contributed by atoms with Gasteiger partial charge in [0.1, 0.15) is 17.1 Å². The standard InChI is InChI=1S/C27H29N3O4S/c1-17-8-13-24(31)23(15-17)26(33)30-19-11-9-18(10-12-19)29-25(32)22-7-4-14-28-27(22)34-20-5-3-6-21(16-20)35-2/h3-8,13-16,18-19,31H,9-12H2,1-2H3,(H,29,32)(H,30,33). The second kappa shape index (κ2) is 11.3. The van der Waals surface area contributed by atoms with Gasteiger partial charge in [-0.15, -0.1) is 11.8 Å². The van der Waals surface area contributed by atoms with Crippen LogP contribution in [-0.4, -0.2) is 40.2 Å². The van der Waals surface area contributed by atoms with Crippen molar-refractivity contribution in [3.8, 4) is 17.4 Å². The Morgan fingerprint density at radius 1 is 0.943 bits per heavy atom. The van der Waals surface area contributed by atoms with Crippen molar-refractivity contribution in [3.05, 3.63) is 77.5 Å². The third-order valence-corrected chi connectivity index (χ3v) is 6.79. The summed E-state index contributed by atoms with van der Waals surface area (Å²) in [5, 5.41) is 16.1. The molecule has 0 atom stereocenters. The maximum atomic E-state index is 13.0. The Labute approximate surface area is 209 Å². The number of ether oxygens (including phenoxy) is 1. The Balaban J connectivity index is 1.33. The molecule has 3 N–H and O–H groups in total. The van der Waals surface area contributed by atoms with E-state index in [2.05, 4.69) is 15.6 Å². The van der Waals surface area contributed by atoms with Gasteiger partial charge in [-0.2, -0.15) is 0 Å². The number of thioether (sulfide) groups is 1. The number of pyridine rings is 1. The summed E-state index contributed by atoms with van der Waals surface area (Å²) in [7, 11) is 0. The van der Waals surface area contributed by atoms with Gasteiger partial charge in [0, 0.05) is 23.2 Å². The minimum atomic E-state index is -0.277. The lowest BCUT2D eigenvalue weighted by Crippen LogP contribution is -2.43. The van der Waals surface area contributed by atoms with Gasteiger partial charge in [-0.25, -0.2) is 4.98 Å². The average Bonchev–Trinajstić information content (AvgIpc) is 2.87. The summed E-state index contributed by atoms with van der Waals surface area (Å²) < 4.78 is 5.93. The highest BCUT2D eigenvalue weighted by Gasteiger charge is 2.26. The Hall–Kier alpha value is -3.52. The summed E-state index contributed by atoms with van der Waals surface area (Å²) in [6.07, 6.45) is 6.55. The minimum absolute atomic E-state index is 0.00318. The van der Waals surface area contributed by atoms with Crippen molar-refractivity contribution in [1.82, 2.24) is 15.6 Å². The molecule has 182 valence electrons. The van der Waals surface area contributed by atoms with Gasteiger partial charge in [0.05, 0.1) is 5.56 Å². The van der Waals surface area contributed by atoms with Crippen molar-refractivity contribution < 1.29 is 19.4 Å². The van der Waals surface area contributed by atoms with E-state index in [1.165, 1.54) is 6.07 Å². The van der Waals surface area contributed by atoms with Gasteiger partial charge in [-0.05, 0) is 81.3 Å². The molecule has 0 saturated heterocycles. The third kappa shape index (κ3) is 6.33. The first-order valence-electron chi connectivity index (χ1n) is 11.6. The minimum Gasteiger partial charge on any atom is -0.507 e. The Morgan fingerprint density at radius 2 is 1.63 bits per heavy atom. The lowest BCUT2D eigenvalue weighted by atomic mass is 9.90. The fourth-order valence-electron chi connectivity index (χ4n) is 4.16. The molecular weight excluding hydrogens is 462 g/mol. The van der Waals surface area contributed by atoms with E-state index in [0.717, 1.165) is 36.1 Å². The number of nitrogens with zero attached hydrogens (tertiary/aromatic N) is 1. The number of carbonyl (C=O) groups is 2. The smallest absolute Gasteiger partial charge is 0.257 e. The molecule has 1 aliphatic carbocycles. The first kappa shape index (κ1) is 24.6. The second-order valence-corrected chi connectivity index (χ2v) is 9.53. The molecular formula is C27H29N3O4S. The number of rotatable bonds is 7. The molecule has 35 heavy (non-hydrogen) atoms. The zero-order valence-electron chi connectivity index (χ0n) is 19.8. The maximum absolute atomic E-state index is 13.0. The molecule has 2 amide bonds. The monoisotopic (exact) mass is 491 g/mol. The maximum Gasteiger partial charge on any atom is 0.257 e. The fourth-order valence-corrected chi connectivity index (χ4v) is 4.61. The average molecular weight is 492 g/mol. The first-order valence-corrected chi connectivity index (χ1v) is 12.8. The molecule has 0 spiro atoms. The van der Waals surface area contributed by atoms with Gasteiger partial charge in [0.15, 0.2) is 0 Å². The molecule has 3 aromatic rings. The van der Waals surface area contributed by atoms with E-state index in [0.29, 0.717) is 11.3 Å². The third-order valence-electron chi connectivity index (χ3n) is 6.07. The molecule has 1 aromatic heterocycles. The number of phenols is 1. The summed E-state index contributed by atoms with van der Waals surface area (Å²) in [6.45, 7) is 1.88. The molecule has 0 unspecified atom stereocenters. The van der Waals surface area contributed by atoms with Crippen LogP contribution in [0.25, 0.3) is 0 Å². The summed E-state index contributed by atoms with van der Waals surface area (Å²) in [5.74, 6) is 0.360. The highest BCUT2D eigenvalue weighted by atomic mass is 32.2. The Bertz CT molecular complexity index is 1210. The summed E-state index contributed by atoms with van der Waals surface area (Å²) >= 11 is 1.61. The van der Waals surface area contributed by atoms with Crippen LogP contribution in [0.5, 0.6) is 17.4 Å². The molecule has 1 saturated carbocycles. The largest absolute Gasteiger partial charge is 0.507 e. The predicted octanol–water partition coefficient (Wildman–Crippen LogP) is 5.08. The number of aromatic hydroxyl groups is 1. The summed E-state index contributed by atoms with van der Waals surface area (Å²) in [5.41, 5.74) is 1.58. The van der Waals surface area contributed by atoms with Gasteiger partial charge in [-0.3, -0.25) is 9.59 Å². The van der Waals surface area contributed by atoms with Crippen molar-refractivity contribution in [2.75, 3.05) is 6.26 Å². The van der Waals surface area contributed by atoms with Crippen LogP contribution < -0.4 is 15.4 Å². The summed E-state index contributed by atoms with van der Waals surface area (Å²) in [4.78, 5) is 31.0. The van der Waals surface area contributed by atoms with Crippen molar-refractivity contribution in [1.29, 1.82) is 0 Å². The van der Waals surface area contributed by atoms with Crippen LogP contribution in [0.3, 0.4) is 0 Å². The lowest BCUT2D eigenvalue weighted by molar-refractivity contribution is 0.0888. The van der Waals surface area contributed by atoms with Crippen LogP contribution >= 0.6 is 11.8 Å². The molecule has 1 aliphatic rings. The van der Waals surface area contributed by atoms with Crippen molar-refractivity contribution in [2.24, 2.45) is 0 Å². The molecule has 4 rings (SSSR count). The quantitative estimate of drug-likeness (QED) is 0.399. The van der Waals surface area contributed by atoms with Crippen molar-refractivity contribution >= 4 is 23.6 Å². The first-order chi connectivity index (χ1) is 16.9. The number of aryl methyl sites for hydroxylation is 1. The van der Waals surface area contributed by atoms with Crippen LogP contribution in [0.2, 0.25) is 0 Å². The zero-order valence-corrected chi connectivity index (χ0v) is 20.6. The normalized spacial score (nSPS) is 17.4. The topological polar surface area (TPSA) is 101 Å². The van der Waals surface area contributed by atoms with E-state index in [4.69, 9.17) is 4.74 Å². The number of hydrogen-bond acceptors (Lipinski definition) is 6. The van der Waals surface area contributed by atoms with Gasteiger partial charge in [0.25, 0.3) is 11.8 Å². The van der Waals surface area contributed by atoms with Crippen LogP contribution in [0.4, 0.5) is 0 Å². The Kier molecular flexibility index (Phi) is 7.92. The highest BCUT2D eigenvalue weighted by Crippen LogP contribution is 2.27. The van der Waals surface area contributed by atoms with Crippen LogP contribution in [-0.2, 0) is 0 Å². The number of hydrogen-bond donors (Lipinski definition) is 3. The number of aromatic nitrogens is 1. The van der Waals surface area contributed by atoms with E-state index in [9.17, 15) is 14.7 Å². The number of carbonyl (C=O) groups excluding carboxylic acids is 2. The van der Waals surface area contributed by atoms with Crippen LogP contribution in [0, 0.1) is 6.92 Å². The molecule has 1 heterocycles. The van der Waals surface area contributed by atoms with Crippen LogP contribution in [0.15, 0.2) is 65.7 Å². The summed E-state index contributed by atoms with van der Waals surface area (Å²) in [6, 6.07) is 16.0. The molecule has 2 aromatic carbocycles. The number of benzene rings is 2. The van der Waals surface area contributed by atoms with E-state index in [1.807, 2.05) is 37.4 Å². The highest BCUT2D eigenvalue weighted by molar-refractivity contribution is 7.98. The SMILES string of the molecule is CSc1cccc(Oc2ncccc2C(=O)NC2CCC(NC(=O)c3cc(C)ccc3O)CC2)c1. The number of nitrogens with one attached hydrogen (secondary N) is 2. The van der Waals surface area contributed by atoms with Crippen LogP contribution in [0.1, 0.15) is 52.0 Å². The fraction of sp³-hybridized carbons (Fsp3) is 0.296. The lowest BCUT2D eigenvalue weighted by Gasteiger charge is -2.30. The molecule has 0 aliphatic heterocycles. The van der Waals surface area contributed by atoms with Gasteiger partial charge in [0.2, 0.25) is 5.88 Å². The van der Waals surface area contributed by atoms with Crippen molar-refractivity contribution in [3.63, 3.8) is 0 Å². The molecule has 8 heteroatoms. The van der Waals surface area contributed by atoms with E-state index >= 15 is 0 Å². The second-order valence-electron chi connectivity index (χ2n) is 8.65. The molecule has 0 radical (unpaired) electrons. The molecule has 7 nitrogen and oxygen atoms in total. The molecule has 1 fully saturated rings. The van der Waals surface area contributed by atoms with E-state index < -0.39 is 0 Å². The van der Waals surface area contributed by atoms with E-state index in [-0.39, 0.29) is 41.1 Å². The molecule has 0 bridgehead atoms. The van der Waals surface area contributed by atoms with E-state index in [1.54, 1.807) is 42.2 Å². The van der Waals surface area contributed by atoms with Gasteiger partial charge in [-0.1, -0.05) is 17.7 Å². The number of phenolic OH excluding ortho intramolecular Hbond substituents is 1. The van der Waals surface area contributed by atoms with Gasteiger partial charge >= 0.3 is 0 Å². The number of amides is 2. The van der Waals surface area contributed by atoms with Gasteiger partial charge < -0.3 is 20.5 Å². The zero-order chi connectivity index (χ0) is 24.8. The predicted molar refractivity (Wildman–Crippen MR) is 136 cm³/mol. The van der Waals surface area contributed by atoms with Crippen molar-refractivity contribution in [2.45, 2.75) is 49.6 Å². The Morgan fingerprint density at radius 3 is 2.31 bits per heavy atom.